The van der Waals surface area contributed by atoms with E-state index >= 15 is 0 Å². The lowest BCUT2D eigenvalue weighted by Gasteiger charge is -2.40. The summed E-state index contributed by atoms with van der Waals surface area (Å²) in [7, 11) is 0. The normalized spacial score (nSPS) is 17.9. The van der Waals surface area contributed by atoms with Gasteiger partial charge >= 0.3 is 5.97 Å². The van der Waals surface area contributed by atoms with Gasteiger partial charge in [-0.05, 0) is 42.9 Å². The molecular weight excluding hydrogens is 336 g/mol. The van der Waals surface area contributed by atoms with E-state index in [9.17, 15) is 9.90 Å². The van der Waals surface area contributed by atoms with E-state index in [1.165, 1.54) is 6.42 Å². The van der Waals surface area contributed by atoms with Crippen molar-refractivity contribution in [3.63, 3.8) is 0 Å². The molecule has 27 heavy (non-hydrogen) atoms. The lowest BCUT2D eigenvalue weighted by Crippen LogP contribution is -2.41. The maximum atomic E-state index is 13.0. The Balaban J connectivity index is 2.15. The molecule has 1 fully saturated rings. The van der Waals surface area contributed by atoms with Crippen LogP contribution in [0.3, 0.4) is 0 Å². The van der Waals surface area contributed by atoms with Crippen LogP contribution in [-0.4, -0.2) is 17.7 Å². The fourth-order valence-corrected chi connectivity index (χ4v) is 4.07. The number of hydrogen-bond donors (Lipinski definition) is 1. The number of carbonyl (C=O) groups excluding carboxylic acids is 1. The van der Waals surface area contributed by atoms with Crippen molar-refractivity contribution < 1.29 is 14.6 Å². The van der Waals surface area contributed by atoms with Crippen molar-refractivity contribution in [2.75, 3.05) is 6.61 Å². The molecule has 3 rings (SSSR count). The maximum Gasteiger partial charge on any atom is 0.337 e. The molecule has 1 atom stereocenters. The van der Waals surface area contributed by atoms with Crippen LogP contribution in [0.5, 0.6) is 0 Å². The summed E-state index contributed by atoms with van der Waals surface area (Å²) in [6, 6.07) is 19.2. The number of carbonyl (C=O) groups is 1. The number of esters is 1. The van der Waals surface area contributed by atoms with Crippen LogP contribution in [0.2, 0.25) is 0 Å². The number of benzene rings is 2. The van der Waals surface area contributed by atoms with Gasteiger partial charge in [-0.2, -0.15) is 0 Å². The molecule has 3 nitrogen and oxygen atoms in total. The minimum Gasteiger partial charge on any atom is -0.463 e. The summed E-state index contributed by atoms with van der Waals surface area (Å²) in [4.78, 5) is 13.0. The monoisotopic (exact) mass is 364 g/mol. The first-order valence-corrected chi connectivity index (χ1v) is 9.88. The molecule has 1 saturated carbocycles. The predicted molar refractivity (Wildman–Crippen MR) is 108 cm³/mol. The molecule has 2 aromatic rings. The minimum absolute atomic E-state index is 0.00646. The van der Waals surface area contributed by atoms with Crippen molar-refractivity contribution in [1.29, 1.82) is 0 Å². The largest absolute Gasteiger partial charge is 0.463 e. The van der Waals surface area contributed by atoms with E-state index in [2.05, 4.69) is 0 Å². The van der Waals surface area contributed by atoms with E-state index in [1.807, 2.05) is 60.7 Å². The Hall–Kier alpha value is -2.39. The average Bonchev–Trinajstić information content (AvgIpc) is 2.73. The van der Waals surface area contributed by atoms with E-state index < -0.39 is 11.6 Å². The Morgan fingerprint density at radius 3 is 2.22 bits per heavy atom. The summed E-state index contributed by atoms with van der Waals surface area (Å²) < 4.78 is 5.37. The van der Waals surface area contributed by atoms with Crippen LogP contribution in [0, 0.1) is 5.92 Å². The smallest absolute Gasteiger partial charge is 0.337 e. The van der Waals surface area contributed by atoms with Crippen molar-refractivity contribution in [2.45, 2.75) is 44.6 Å². The summed E-state index contributed by atoms with van der Waals surface area (Å²) in [5.74, 6) is -0.453. The van der Waals surface area contributed by atoms with Gasteiger partial charge in [-0.3, -0.25) is 0 Å². The lowest BCUT2D eigenvalue weighted by atomic mass is 9.69. The van der Waals surface area contributed by atoms with Gasteiger partial charge in [0.2, 0.25) is 0 Å². The molecule has 0 aliphatic heterocycles. The topological polar surface area (TPSA) is 46.5 Å². The zero-order chi connectivity index (χ0) is 19.1. The number of ether oxygens (including phenoxy) is 1. The first-order valence-electron chi connectivity index (χ1n) is 9.88. The molecule has 2 aromatic carbocycles. The maximum absolute atomic E-state index is 13.0. The number of aliphatic hydroxyl groups is 1. The highest BCUT2D eigenvalue weighted by molar-refractivity contribution is 5.96. The second-order valence-corrected chi connectivity index (χ2v) is 7.16. The Morgan fingerprint density at radius 2 is 1.63 bits per heavy atom. The first kappa shape index (κ1) is 19.4. The van der Waals surface area contributed by atoms with Crippen LogP contribution in [0.15, 0.2) is 66.2 Å². The van der Waals surface area contributed by atoms with Crippen molar-refractivity contribution in [3.05, 3.63) is 77.4 Å². The fourth-order valence-electron chi connectivity index (χ4n) is 4.07. The number of hydrogen-bond acceptors (Lipinski definition) is 3. The van der Waals surface area contributed by atoms with E-state index in [1.54, 1.807) is 13.0 Å². The molecule has 0 bridgehead atoms. The molecule has 0 radical (unpaired) electrons. The van der Waals surface area contributed by atoms with Crippen LogP contribution in [0.4, 0.5) is 0 Å². The van der Waals surface area contributed by atoms with E-state index in [-0.39, 0.29) is 12.5 Å². The minimum atomic E-state index is -1.36. The summed E-state index contributed by atoms with van der Waals surface area (Å²) in [5, 5.41) is 12.1. The quantitative estimate of drug-likeness (QED) is 0.573. The van der Waals surface area contributed by atoms with Gasteiger partial charge in [0, 0.05) is 0 Å². The van der Waals surface area contributed by atoms with Gasteiger partial charge in [0.15, 0.2) is 0 Å². The van der Waals surface area contributed by atoms with Gasteiger partial charge in [-0.25, -0.2) is 4.79 Å². The van der Waals surface area contributed by atoms with Gasteiger partial charge in [-0.1, -0.05) is 79.9 Å². The van der Waals surface area contributed by atoms with Gasteiger partial charge in [0.1, 0.15) is 5.60 Å². The van der Waals surface area contributed by atoms with Crippen molar-refractivity contribution in [1.82, 2.24) is 0 Å². The third kappa shape index (κ3) is 4.30. The van der Waals surface area contributed by atoms with Crippen LogP contribution >= 0.6 is 0 Å². The summed E-state index contributed by atoms with van der Waals surface area (Å²) in [6.07, 6.45) is 6.91. The van der Waals surface area contributed by atoms with Gasteiger partial charge < -0.3 is 9.84 Å². The van der Waals surface area contributed by atoms with Crippen LogP contribution < -0.4 is 0 Å². The Kier molecular flexibility index (Phi) is 6.46. The van der Waals surface area contributed by atoms with Gasteiger partial charge in [0.05, 0.1) is 12.2 Å². The molecule has 3 heteroatoms. The zero-order valence-electron chi connectivity index (χ0n) is 15.9. The summed E-state index contributed by atoms with van der Waals surface area (Å²) in [6.45, 7) is 2.07. The molecule has 0 amide bonds. The van der Waals surface area contributed by atoms with Crippen molar-refractivity contribution in [2.24, 2.45) is 5.92 Å². The van der Waals surface area contributed by atoms with E-state index in [0.717, 1.165) is 36.8 Å². The summed E-state index contributed by atoms with van der Waals surface area (Å²) in [5.41, 5.74) is 0.607. The van der Waals surface area contributed by atoms with Crippen molar-refractivity contribution >= 4 is 12.0 Å². The Bertz CT molecular complexity index is 761. The fraction of sp³-hybridized carbons (Fsp3) is 0.375. The Morgan fingerprint density at radius 1 is 1.04 bits per heavy atom. The van der Waals surface area contributed by atoms with Crippen LogP contribution in [0.1, 0.15) is 50.2 Å². The average molecular weight is 364 g/mol. The second-order valence-electron chi connectivity index (χ2n) is 7.16. The number of rotatable bonds is 6. The molecular formula is C24H28O3. The third-order valence-electron chi connectivity index (χ3n) is 5.43. The van der Waals surface area contributed by atoms with Crippen LogP contribution in [0.25, 0.3) is 6.08 Å². The molecule has 1 aliphatic carbocycles. The van der Waals surface area contributed by atoms with Crippen LogP contribution in [-0.2, 0) is 15.1 Å². The Labute approximate surface area is 161 Å². The highest BCUT2D eigenvalue weighted by Crippen LogP contribution is 2.45. The molecule has 0 spiro atoms. The molecule has 1 aliphatic rings. The molecule has 1 N–H and O–H groups in total. The molecule has 0 aromatic heterocycles. The van der Waals surface area contributed by atoms with Crippen molar-refractivity contribution in [3.8, 4) is 0 Å². The standard InChI is InChI=1S/C24H28O3/c1-2-27-23(25)22(18-19-12-6-3-7-13-19)24(26,20-14-8-4-9-15-20)21-16-10-5-11-17-21/h3-4,6-9,12-15,18,21,26H,2,5,10-11,16-17H2,1H3/b22-18+. The molecule has 142 valence electrons. The molecule has 0 saturated heterocycles. The van der Waals surface area contributed by atoms with Gasteiger partial charge in [0.25, 0.3) is 0 Å². The predicted octanol–water partition coefficient (Wildman–Crippen LogP) is 5.10. The second kappa shape index (κ2) is 9.01. The highest BCUT2D eigenvalue weighted by atomic mass is 16.5. The first-order chi connectivity index (χ1) is 13.2. The highest BCUT2D eigenvalue weighted by Gasteiger charge is 2.45. The zero-order valence-corrected chi connectivity index (χ0v) is 15.9. The van der Waals surface area contributed by atoms with Gasteiger partial charge in [-0.15, -0.1) is 0 Å². The van der Waals surface area contributed by atoms with E-state index in [0.29, 0.717) is 5.57 Å². The lowest BCUT2D eigenvalue weighted by molar-refractivity contribution is -0.142. The molecule has 0 heterocycles. The SMILES string of the molecule is CCOC(=O)/C(=C\c1ccccc1)C(O)(c1ccccc1)C1CCCCC1. The third-order valence-corrected chi connectivity index (χ3v) is 5.43. The summed E-state index contributed by atoms with van der Waals surface area (Å²) >= 11 is 0. The molecule has 1 unspecified atom stereocenters. The van der Waals surface area contributed by atoms with E-state index in [4.69, 9.17) is 4.74 Å².